The molecule has 19 heavy (non-hydrogen) atoms. The minimum absolute atomic E-state index is 0.00939. The van der Waals surface area contributed by atoms with Crippen molar-refractivity contribution in [3.8, 4) is 0 Å². The molecule has 1 aliphatic rings. The Morgan fingerprint density at radius 1 is 1.11 bits per heavy atom. The molecule has 0 aromatic carbocycles. The maximum Gasteiger partial charge on any atom is 0.310 e. The molecule has 1 saturated heterocycles. The molecule has 0 bridgehead atoms. The summed E-state index contributed by atoms with van der Waals surface area (Å²) in [6.45, 7) is 4.71. The molecule has 3 nitrogen and oxygen atoms in total. The number of ether oxygens (including phenoxy) is 1. The van der Waals surface area contributed by atoms with Crippen LogP contribution in [0.15, 0.2) is 0 Å². The minimum Gasteiger partial charge on any atom is -0.465 e. The first-order chi connectivity index (χ1) is 9.34. The summed E-state index contributed by atoms with van der Waals surface area (Å²) >= 11 is 0. The van der Waals surface area contributed by atoms with Gasteiger partial charge >= 0.3 is 5.97 Å². The van der Waals surface area contributed by atoms with Crippen molar-refractivity contribution in [1.82, 2.24) is 5.32 Å². The smallest absolute Gasteiger partial charge is 0.310 e. The van der Waals surface area contributed by atoms with Crippen molar-refractivity contribution in [1.29, 1.82) is 0 Å². The Morgan fingerprint density at radius 3 is 2.42 bits per heavy atom. The van der Waals surface area contributed by atoms with Crippen molar-refractivity contribution in [3.05, 3.63) is 0 Å². The molecule has 0 saturated carbocycles. The third-order valence-electron chi connectivity index (χ3n) is 3.87. The molecule has 0 amide bonds. The Hall–Kier alpha value is -0.570. The fourth-order valence-electron chi connectivity index (χ4n) is 2.58. The van der Waals surface area contributed by atoms with Gasteiger partial charge in [-0.2, -0.15) is 0 Å². The number of esters is 1. The average Bonchev–Trinajstić information content (AvgIpc) is 2.46. The largest absolute Gasteiger partial charge is 0.465 e. The fourth-order valence-corrected chi connectivity index (χ4v) is 2.58. The van der Waals surface area contributed by atoms with Crippen LogP contribution in [0, 0.1) is 5.92 Å². The molecule has 1 fully saturated rings. The van der Waals surface area contributed by atoms with E-state index in [2.05, 4.69) is 12.2 Å². The number of hydrogen-bond donors (Lipinski definition) is 1. The zero-order valence-corrected chi connectivity index (χ0v) is 12.6. The molecule has 1 heterocycles. The van der Waals surface area contributed by atoms with E-state index in [0.717, 1.165) is 32.4 Å². The molecule has 112 valence electrons. The van der Waals surface area contributed by atoms with E-state index >= 15 is 0 Å². The molecule has 0 aromatic heterocycles. The monoisotopic (exact) mass is 269 g/mol. The molecule has 0 aromatic rings. The van der Waals surface area contributed by atoms with Gasteiger partial charge in [0.05, 0.1) is 12.5 Å². The molecule has 0 radical (unpaired) electrons. The topological polar surface area (TPSA) is 38.3 Å². The maximum atomic E-state index is 11.7. The third-order valence-corrected chi connectivity index (χ3v) is 3.87. The van der Waals surface area contributed by atoms with Crippen LogP contribution in [0.5, 0.6) is 0 Å². The van der Waals surface area contributed by atoms with Crippen molar-refractivity contribution < 1.29 is 9.53 Å². The molecule has 0 aliphatic carbocycles. The van der Waals surface area contributed by atoms with Gasteiger partial charge in [-0.1, -0.05) is 51.9 Å². The Kier molecular flexibility index (Phi) is 9.78. The first-order valence-electron chi connectivity index (χ1n) is 8.22. The summed E-state index contributed by atoms with van der Waals surface area (Å²) in [5.41, 5.74) is 0. The molecule has 3 heteroatoms. The molecular formula is C16H31NO2. The fraction of sp³-hybridized carbons (Fsp3) is 0.938. The van der Waals surface area contributed by atoms with E-state index < -0.39 is 0 Å². The van der Waals surface area contributed by atoms with Crippen molar-refractivity contribution >= 4 is 5.97 Å². The van der Waals surface area contributed by atoms with Crippen LogP contribution in [0.3, 0.4) is 0 Å². The zero-order chi connectivity index (χ0) is 13.8. The lowest BCUT2D eigenvalue weighted by atomic mass is 10.0. The number of carbonyl (C=O) groups excluding carboxylic acids is 1. The quantitative estimate of drug-likeness (QED) is 0.486. The second-order valence-electron chi connectivity index (χ2n) is 5.69. The number of rotatable bonds is 10. The highest BCUT2D eigenvalue weighted by Gasteiger charge is 2.21. The normalized spacial score (nSPS) is 19.3. The van der Waals surface area contributed by atoms with E-state index in [-0.39, 0.29) is 11.9 Å². The predicted molar refractivity (Wildman–Crippen MR) is 79.2 cm³/mol. The second-order valence-corrected chi connectivity index (χ2v) is 5.69. The number of hydrogen-bond acceptors (Lipinski definition) is 3. The van der Waals surface area contributed by atoms with Gasteiger partial charge in [-0.3, -0.25) is 4.79 Å². The molecule has 1 aliphatic heterocycles. The van der Waals surface area contributed by atoms with E-state index in [1.54, 1.807) is 0 Å². The van der Waals surface area contributed by atoms with E-state index in [4.69, 9.17) is 4.74 Å². The first-order valence-corrected chi connectivity index (χ1v) is 8.22. The van der Waals surface area contributed by atoms with Crippen molar-refractivity contribution in [2.75, 3.05) is 19.7 Å². The SMILES string of the molecule is CCCCCCCCCCOC(=O)C1CCCNC1. The Bertz CT molecular complexity index is 225. The van der Waals surface area contributed by atoms with Crippen LogP contribution in [-0.2, 0) is 9.53 Å². The lowest BCUT2D eigenvalue weighted by Gasteiger charge is -2.21. The van der Waals surface area contributed by atoms with Gasteiger partial charge in [-0.25, -0.2) is 0 Å². The number of carbonyl (C=O) groups is 1. The summed E-state index contributed by atoms with van der Waals surface area (Å²) in [6.07, 6.45) is 12.3. The van der Waals surface area contributed by atoms with Crippen molar-refractivity contribution in [2.24, 2.45) is 5.92 Å². The van der Waals surface area contributed by atoms with Gasteiger partial charge in [0.1, 0.15) is 0 Å². The molecular weight excluding hydrogens is 238 g/mol. The lowest BCUT2D eigenvalue weighted by molar-refractivity contribution is -0.149. The van der Waals surface area contributed by atoms with Gasteiger partial charge in [-0.05, 0) is 25.8 Å². The number of unbranched alkanes of at least 4 members (excludes halogenated alkanes) is 7. The summed E-state index contributed by atoms with van der Waals surface area (Å²) < 4.78 is 5.35. The Labute approximate surface area is 118 Å². The summed E-state index contributed by atoms with van der Waals surface area (Å²) in [5, 5.41) is 3.25. The third kappa shape index (κ3) is 8.25. The summed E-state index contributed by atoms with van der Waals surface area (Å²) in [7, 11) is 0. The molecule has 1 atom stereocenters. The highest BCUT2D eigenvalue weighted by atomic mass is 16.5. The van der Waals surface area contributed by atoms with Crippen LogP contribution in [0.4, 0.5) is 0 Å². The second kappa shape index (κ2) is 11.3. The summed E-state index contributed by atoms with van der Waals surface area (Å²) in [4.78, 5) is 11.7. The molecule has 0 spiro atoms. The minimum atomic E-state index is 0.00939. The summed E-state index contributed by atoms with van der Waals surface area (Å²) in [5.74, 6) is 0.109. The predicted octanol–water partition coefficient (Wildman–Crippen LogP) is 3.67. The van der Waals surface area contributed by atoms with E-state index in [9.17, 15) is 4.79 Å². The van der Waals surface area contributed by atoms with E-state index in [0.29, 0.717) is 6.61 Å². The Balaban J connectivity index is 1.86. The van der Waals surface area contributed by atoms with Crippen LogP contribution in [-0.4, -0.2) is 25.7 Å². The number of nitrogens with one attached hydrogen (secondary N) is 1. The maximum absolute atomic E-state index is 11.7. The van der Waals surface area contributed by atoms with Gasteiger partial charge in [-0.15, -0.1) is 0 Å². The van der Waals surface area contributed by atoms with Gasteiger partial charge in [0.2, 0.25) is 0 Å². The van der Waals surface area contributed by atoms with Crippen LogP contribution in [0.1, 0.15) is 71.1 Å². The highest BCUT2D eigenvalue weighted by Crippen LogP contribution is 2.12. The van der Waals surface area contributed by atoms with E-state index in [1.807, 2.05) is 0 Å². The van der Waals surface area contributed by atoms with Crippen LogP contribution in [0.25, 0.3) is 0 Å². The van der Waals surface area contributed by atoms with Crippen LogP contribution < -0.4 is 5.32 Å². The standard InChI is InChI=1S/C16H31NO2/c1-2-3-4-5-6-7-8-9-13-19-16(18)15-11-10-12-17-14-15/h15,17H,2-14H2,1H3. The highest BCUT2D eigenvalue weighted by molar-refractivity contribution is 5.72. The van der Waals surface area contributed by atoms with Crippen molar-refractivity contribution in [3.63, 3.8) is 0 Å². The van der Waals surface area contributed by atoms with Gasteiger partial charge in [0.25, 0.3) is 0 Å². The lowest BCUT2D eigenvalue weighted by Crippen LogP contribution is -2.35. The van der Waals surface area contributed by atoms with Crippen LogP contribution >= 0.6 is 0 Å². The zero-order valence-electron chi connectivity index (χ0n) is 12.6. The first kappa shape index (κ1) is 16.5. The average molecular weight is 269 g/mol. The Morgan fingerprint density at radius 2 is 1.79 bits per heavy atom. The van der Waals surface area contributed by atoms with Crippen molar-refractivity contribution in [2.45, 2.75) is 71.1 Å². The van der Waals surface area contributed by atoms with E-state index in [1.165, 1.54) is 44.9 Å². The number of piperidine rings is 1. The van der Waals surface area contributed by atoms with Gasteiger partial charge < -0.3 is 10.1 Å². The molecule has 1 unspecified atom stereocenters. The van der Waals surface area contributed by atoms with Gasteiger partial charge in [0.15, 0.2) is 0 Å². The molecule has 1 rings (SSSR count). The van der Waals surface area contributed by atoms with Crippen LogP contribution in [0.2, 0.25) is 0 Å². The molecule has 1 N–H and O–H groups in total. The summed E-state index contributed by atoms with van der Waals surface area (Å²) in [6, 6.07) is 0. The van der Waals surface area contributed by atoms with Gasteiger partial charge in [0, 0.05) is 6.54 Å².